The van der Waals surface area contributed by atoms with Gasteiger partial charge in [0.25, 0.3) is 5.91 Å². The van der Waals surface area contributed by atoms with E-state index in [4.69, 9.17) is 6.42 Å². The first-order valence-electron chi connectivity index (χ1n) is 4.07. The van der Waals surface area contributed by atoms with Gasteiger partial charge in [-0.3, -0.25) is 9.59 Å². The number of amides is 2. The summed E-state index contributed by atoms with van der Waals surface area (Å²) in [5, 5.41) is 4.91. The van der Waals surface area contributed by atoms with Crippen LogP contribution in [0.1, 0.15) is 13.8 Å². The van der Waals surface area contributed by atoms with E-state index in [1.165, 1.54) is 0 Å². The van der Waals surface area contributed by atoms with Crippen LogP contribution in [0, 0.1) is 18.3 Å². The molecule has 0 unspecified atom stereocenters. The molecule has 0 saturated heterocycles. The largest absolute Gasteiger partial charge is 0.354 e. The summed E-state index contributed by atoms with van der Waals surface area (Å²) >= 11 is 0. The van der Waals surface area contributed by atoms with Gasteiger partial charge in [0.05, 0.1) is 6.54 Å². The van der Waals surface area contributed by atoms with Gasteiger partial charge < -0.3 is 10.6 Å². The van der Waals surface area contributed by atoms with Crippen molar-refractivity contribution in [3.8, 4) is 12.3 Å². The SMILES string of the molecule is C#CC(=O)NCC(=O)NCC(C)C. The molecule has 72 valence electrons. The number of hydrogen-bond donors (Lipinski definition) is 2. The minimum absolute atomic E-state index is 0.0598. The molecule has 13 heavy (non-hydrogen) atoms. The average molecular weight is 182 g/mol. The smallest absolute Gasteiger partial charge is 0.296 e. The molecule has 4 nitrogen and oxygen atoms in total. The third-order valence-corrected chi connectivity index (χ3v) is 1.25. The number of hydrogen-bond acceptors (Lipinski definition) is 2. The van der Waals surface area contributed by atoms with E-state index in [0.29, 0.717) is 12.5 Å². The molecule has 0 aliphatic rings. The van der Waals surface area contributed by atoms with Crippen molar-refractivity contribution >= 4 is 11.8 Å². The number of carbonyl (C=O) groups is 2. The molecule has 0 fully saturated rings. The van der Waals surface area contributed by atoms with Gasteiger partial charge in [0.15, 0.2) is 0 Å². The number of rotatable bonds is 4. The second-order valence-electron chi connectivity index (χ2n) is 3.02. The Morgan fingerprint density at radius 1 is 1.38 bits per heavy atom. The Morgan fingerprint density at radius 2 is 2.00 bits per heavy atom. The van der Waals surface area contributed by atoms with Crippen LogP contribution in [0.2, 0.25) is 0 Å². The maximum atomic E-state index is 11.0. The van der Waals surface area contributed by atoms with Crippen LogP contribution in [0.5, 0.6) is 0 Å². The minimum Gasteiger partial charge on any atom is -0.354 e. The Balaban J connectivity index is 3.53. The molecule has 0 aromatic heterocycles. The number of nitrogens with one attached hydrogen (secondary N) is 2. The molecule has 2 amide bonds. The molecule has 0 aromatic rings. The van der Waals surface area contributed by atoms with Crippen molar-refractivity contribution in [2.45, 2.75) is 13.8 Å². The Morgan fingerprint density at radius 3 is 2.46 bits per heavy atom. The molecule has 0 radical (unpaired) electrons. The molecule has 0 heterocycles. The fourth-order valence-corrected chi connectivity index (χ4v) is 0.592. The monoisotopic (exact) mass is 182 g/mol. The van der Waals surface area contributed by atoms with Crippen LogP contribution < -0.4 is 10.6 Å². The van der Waals surface area contributed by atoms with Crippen molar-refractivity contribution in [1.82, 2.24) is 10.6 Å². The molecule has 0 atom stereocenters. The van der Waals surface area contributed by atoms with Crippen molar-refractivity contribution < 1.29 is 9.59 Å². The molecule has 0 bridgehead atoms. The van der Waals surface area contributed by atoms with E-state index in [0.717, 1.165) is 0 Å². The molecule has 4 heteroatoms. The van der Waals surface area contributed by atoms with Crippen molar-refractivity contribution in [3.05, 3.63) is 0 Å². The predicted octanol–water partition coefficient (Wildman–Crippen LogP) is -0.492. The second-order valence-corrected chi connectivity index (χ2v) is 3.02. The fraction of sp³-hybridized carbons (Fsp3) is 0.556. The molecule has 0 aromatic carbocycles. The van der Waals surface area contributed by atoms with Crippen LogP contribution in [0.15, 0.2) is 0 Å². The van der Waals surface area contributed by atoms with E-state index in [9.17, 15) is 9.59 Å². The topological polar surface area (TPSA) is 58.2 Å². The first-order chi connectivity index (χ1) is 6.06. The molecule has 0 aliphatic carbocycles. The summed E-state index contributed by atoms with van der Waals surface area (Å²) in [7, 11) is 0. The zero-order valence-electron chi connectivity index (χ0n) is 7.89. The van der Waals surface area contributed by atoms with E-state index >= 15 is 0 Å². The van der Waals surface area contributed by atoms with Crippen LogP contribution in [-0.2, 0) is 9.59 Å². The van der Waals surface area contributed by atoms with Crippen LogP contribution >= 0.6 is 0 Å². The van der Waals surface area contributed by atoms with E-state index in [-0.39, 0.29) is 12.5 Å². The normalized spacial score (nSPS) is 9.08. The summed E-state index contributed by atoms with van der Waals surface area (Å²) in [6, 6.07) is 0. The van der Waals surface area contributed by atoms with Gasteiger partial charge in [0, 0.05) is 6.54 Å². The molecule has 0 spiro atoms. The summed E-state index contributed by atoms with van der Waals surface area (Å²) < 4.78 is 0. The fourth-order valence-electron chi connectivity index (χ4n) is 0.592. The van der Waals surface area contributed by atoms with Crippen LogP contribution in [0.25, 0.3) is 0 Å². The van der Waals surface area contributed by atoms with E-state index in [1.807, 2.05) is 19.8 Å². The molecular weight excluding hydrogens is 168 g/mol. The maximum Gasteiger partial charge on any atom is 0.296 e. The lowest BCUT2D eigenvalue weighted by atomic mass is 10.2. The van der Waals surface area contributed by atoms with Crippen molar-refractivity contribution in [2.24, 2.45) is 5.92 Å². The second kappa shape index (κ2) is 6.06. The highest BCUT2D eigenvalue weighted by molar-refractivity contribution is 5.95. The summed E-state index contributed by atoms with van der Waals surface area (Å²) in [5.74, 6) is 1.46. The molecule has 0 rings (SSSR count). The molecule has 2 N–H and O–H groups in total. The highest BCUT2D eigenvalue weighted by Gasteiger charge is 2.02. The van der Waals surface area contributed by atoms with Gasteiger partial charge in [-0.25, -0.2) is 0 Å². The molecule has 0 aliphatic heterocycles. The summed E-state index contributed by atoms with van der Waals surface area (Å²) in [5.41, 5.74) is 0. The lowest BCUT2D eigenvalue weighted by Crippen LogP contribution is -2.37. The summed E-state index contributed by atoms with van der Waals surface area (Å²) in [4.78, 5) is 21.5. The quantitative estimate of drug-likeness (QED) is 0.576. The molecular formula is C9H14N2O2. The van der Waals surface area contributed by atoms with Gasteiger partial charge in [-0.05, 0) is 11.8 Å². The van der Waals surface area contributed by atoms with Gasteiger partial charge in [0.1, 0.15) is 0 Å². The van der Waals surface area contributed by atoms with E-state index < -0.39 is 5.91 Å². The first-order valence-corrected chi connectivity index (χ1v) is 4.07. The lowest BCUT2D eigenvalue weighted by Gasteiger charge is -2.06. The summed E-state index contributed by atoms with van der Waals surface area (Å²) in [6.07, 6.45) is 4.79. The summed E-state index contributed by atoms with van der Waals surface area (Å²) in [6.45, 7) is 4.51. The van der Waals surface area contributed by atoms with Crippen LogP contribution in [0.4, 0.5) is 0 Å². The zero-order valence-corrected chi connectivity index (χ0v) is 7.89. The van der Waals surface area contributed by atoms with Crippen molar-refractivity contribution in [3.63, 3.8) is 0 Å². The van der Waals surface area contributed by atoms with Gasteiger partial charge in [0.2, 0.25) is 5.91 Å². The average Bonchev–Trinajstić information content (AvgIpc) is 2.10. The Bertz CT molecular complexity index is 228. The predicted molar refractivity (Wildman–Crippen MR) is 49.7 cm³/mol. The Hall–Kier alpha value is -1.50. The highest BCUT2D eigenvalue weighted by atomic mass is 16.2. The van der Waals surface area contributed by atoms with E-state index in [1.54, 1.807) is 0 Å². The van der Waals surface area contributed by atoms with E-state index in [2.05, 4.69) is 10.6 Å². The number of terminal acetylenes is 1. The molecule has 0 saturated carbocycles. The van der Waals surface area contributed by atoms with Crippen molar-refractivity contribution in [1.29, 1.82) is 0 Å². The van der Waals surface area contributed by atoms with Crippen LogP contribution in [0.3, 0.4) is 0 Å². The number of carbonyl (C=O) groups excluding carboxylic acids is 2. The van der Waals surface area contributed by atoms with Gasteiger partial charge in [-0.1, -0.05) is 13.8 Å². The lowest BCUT2D eigenvalue weighted by molar-refractivity contribution is -0.123. The standard InChI is InChI=1S/C9H14N2O2/c1-4-8(12)11-6-9(13)10-5-7(2)3/h1,7H,5-6H2,2-3H3,(H,10,13)(H,11,12). The van der Waals surface area contributed by atoms with Gasteiger partial charge >= 0.3 is 0 Å². The zero-order chi connectivity index (χ0) is 10.3. The Kier molecular flexibility index (Phi) is 5.37. The third kappa shape index (κ3) is 6.88. The van der Waals surface area contributed by atoms with Crippen LogP contribution in [-0.4, -0.2) is 24.9 Å². The third-order valence-electron chi connectivity index (χ3n) is 1.25. The van der Waals surface area contributed by atoms with Gasteiger partial charge in [-0.15, -0.1) is 6.42 Å². The minimum atomic E-state index is -0.570. The van der Waals surface area contributed by atoms with Gasteiger partial charge in [-0.2, -0.15) is 0 Å². The van der Waals surface area contributed by atoms with Crippen molar-refractivity contribution in [2.75, 3.05) is 13.1 Å². The Labute approximate surface area is 78.1 Å². The maximum absolute atomic E-state index is 11.0. The first kappa shape index (κ1) is 11.5. The highest BCUT2D eigenvalue weighted by Crippen LogP contribution is 1.85.